The Hall–Kier alpha value is -2.65. The van der Waals surface area contributed by atoms with E-state index in [4.69, 9.17) is 4.74 Å². The number of benzene rings is 1. The van der Waals surface area contributed by atoms with Gasteiger partial charge in [0, 0.05) is 30.2 Å². The molecule has 27 heavy (non-hydrogen) atoms. The topological polar surface area (TPSA) is 81.9 Å². The van der Waals surface area contributed by atoms with Gasteiger partial charge in [-0.2, -0.15) is 0 Å². The van der Waals surface area contributed by atoms with Gasteiger partial charge in [0.25, 0.3) is 0 Å². The predicted molar refractivity (Wildman–Crippen MR) is 108 cm³/mol. The molecular formula is C18H19N5O2S2. The van der Waals surface area contributed by atoms with Crippen molar-refractivity contribution >= 4 is 34.1 Å². The van der Waals surface area contributed by atoms with Gasteiger partial charge in [-0.1, -0.05) is 17.8 Å². The summed E-state index contributed by atoms with van der Waals surface area (Å²) in [6, 6.07) is 7.70. The van der Waals surface area contributed by atoms with Crippen LogP contribution in [0.2, 0.25) is 0 Å². The number of allylic oxidation sites excluding steroid dienone is 1. The van der Waals surface area contributed by atoms with Gasteiger partial charge in [0.2, 0.25) is 5.91 Å². The van der Waals surface area contributed by atoms with E-state index in [1.54, 1.807) is 18.9 Å². The molecule has 0 atom stereocenters. The fraction of sp³-hybridized carbons (Fsp3) is 0.222. The number of rotatable bonds is 8. The van der Waals surface area contributed by atoms with Crippen molar-refractivity contribution < 1.29 is 9.53 Å². The summed E-state index contributed by atoms with van der Waals surface area (Å²) in [7, 11) is 1.64. The van der Waals surface area contributed by atoms with Crippen LogP contribution in [0.1, 0.15) is 12.6 Å². The SMILES string of the molecule is C=CCn1c(SCc2csc(NC(C)=O)n2)nnc1-c1ccc(OC)cc1. The lowest BCUT2D eigenvalue weighted by Crippen LogP contribution is -2.05. The van der Waals surface area contributed by atoms with E-state index in [1.165, 1.54) is 18.3 Å². The summed E-state index contributed by atoms with van der Waals surface area (Å²) in [5.74, 6) is 2.07. The molecule has 1 N–H and O–H groups in total. The van der Waals surface area contributed by atoms with Gasteiger partial charge in [-0.15, -0.1) is 28.1 Å². The van der Waals surface area contributed by atoms with Crippen LogP contribution in [0.4, 0.5) is 5.13 Å². The number of amides is 1. The van der Waals surface area contributed by atoms with Gasteiger partial charge in [0.1, 0.15) is 5.75 Å². The minimum atomic E-state index is -0.126. The summed E-state index contributed by atoms with van der Waals surface area (Å²) < 4.78 is 7.22. The number of nitrogens with one attached hydrogen (secondary N) is 1. The molecule has 1 aromatic carbocycles. The van der Waals surface area contributed by atoms with Gasteiger partial charge < -0.3 is 10.1 Å². The highest BCUT2D eigenvalue weighted by Gasteiger charge is 2.14. The summed E-state index contributed by atoms with van der Waals surface area (Å²) in [5, 5.41) is 14.7. The molecule has 0 aliphatic rings. The third kappa shape index (κ3) is 4.75. The molecule has 140 valence electrons. The van der Waals surface area contributed by atoms with Crippen LogP contribution in [0.25, 0.3) is 11.4 Å². The molecule has 0 aliphatic carbocycles. The Kier molecular flexibility index (Phi) is 6.25. The van der Waals surface area contributed by atoms with Crippen molar-refractivity contribution in [3.8, 4) is 17.1 Å². The zero-order valence-electron chi connectivity index (χ0n) is 15.0. The Labute approximate surface area is 165 Å². The second-order valence-corrected chi connectivity index (χ2v) is 7.35. The van der Waals surface area contributed by atoms with Crippen molar-refractivity contribution in [3.63, 3.8) is 0 Å². The molecule has 9 heteroatoms. The standard InChI is InChI=1S/C18H19N5O2S2/c1-4-9-23-16(13-5-7-15(25-3)8-6-13)21-22-18(23)27-11-14-10-26-17(20-14)19-12(2)24/h4-8,10H,1,9,11H2,2-3H3,(H,19,20,24). The monoisotopic (exact) mass is 401 g/mol. The first-order chi connectivity index (χ1) is 13.1. The second kappa shape index (κ2) is 8.83. The number of aromatic nitrogens is 4. The molecular weight excluding hydrogens is 382 g/mol. The van der Waals surface area contributed by atoms with Crippen molar-refractivity contribution in [1.82, 2.24) is 19.7 Å². The molecule has 0 bridgehead atoms. The fourth-order valence-corrected chi connectivity index (χ4v) is 4.06. The third-order valence-corrected chi connectivity index (χ3v) is 5.37. The van der Waals surface area contributed by atoms with E-state index in [2.05, 4.69) is 27.1 Å². The van der Waals surface area contributed by atoms with E-state index in [1.807, 2.05) is 40.3 Å². The van der Waals surface area contributed by atoms with Gasteiger partial charge >= 0.3 is 0 Å². The Balaban J connectivity index is 1.77. The van der Waals surface area contributed by atoms with Crippen molar-refractivity contribution in [1.29, 1.82) is 0 Å². The van der Waals surface area contributed by atoms with E-state index in [0.717, 1.165) is 28.0 Å². The van der Waals surface area contributed by atoms with Gasteiger partial charge in [-0.25, -0.2) is 4.98 Å². The molecule has 0 saturated heterocycles. The number of nitrogens with zero attached hydrogens (tertiary/aromatic N) is 4. The molecule has 0 aliphatic heterocycles. The molecule has 2 aromatic heterocycles. The summed E-state index contributed by atoms with van der Waals surface area (Å²) in [6.45, 7) is 5.90. The highest BCUT2D eigenvalue weighted by atomic mass is 32.2. The van der Waals surface area contributed by atoms with Crippen molar-refractivity contribution in [2.45, 2.75) is 24.4 Å². The van der Waals surface area contributed by atoms with E-state index in [0.29, 0.717) is 17.4 Å². The average Bonchev–Trinajstić information content (AvgIpc) is 3.27. The summed E-state index contributed by atoms with van der Waals surface area (Å²) in [4.78, 5) is 15.5. The molecule has 3 rings (SSSR count). The highest BCUT2D eigenvalue weighted by molar-refractivity contribution is 7.98. The fourth-order valence-electron chi connectivity index (χ4n) is 2.36. The molecule has 0 fully saturated rings. The Morgan fingerprint density at radius 1 is 1.37 bits per heavy atom. The Bertz CT molecular complexity index is 934. The van der Waals surface area contributed by atoms with Crippen LogP contribution in [0.3, 0.4) is 0 Å². The zero-order chi connectivity index (χ0) is 19.2. The summed E-state index contributed by atoms with van der Waals surface area (Å²) in [5.41, 5.74) is 1.84. The number of hydrogen-bond donors (Lipinski definition) is 1. The number of ether oxygens (including phenoxy) is 1. The zero-order valence-corrected chi connectivity index (χ0v) is 16.6. The van der Waals surface area contributed by atoms with Gasteiger partial charge in [-0.3, -0.25) is 9.36 Å². The van der Waals surface area contributed by atoms with E-state index < -0.39 is 0 Å². The molecule has 0 unspecified atom stereocenters. The maximum Gasteiger partial charge on any atom is 0.223 e. The van der Waals surface area contributed by atoms with Crippen LogP contribution in [-0.2, 0) is 17.1 Å². The van der Waals surface area contributed by atoms with Crippen LogP contribution in [0, 0.1) is 0 Å². The Morgan fingerprint density at radius 2 is 2.15 bits per heavy atom. The minimum Gasteiger partial charge on any atom is -0.497 e. The predicted octanol–water partition coefficient (Wildman–Crippen LogP) is 3.85. The van der Waals surface area contributed by atoms with Crippen LogP contribution in [-0.4, -0.2) is 32.8 Å². The van der Waals surface area contributed by atoms with Gasteiger partial charge in [-0.05, 0) is 24.3 Å². The lowest BCUT2D eigenvalue weighted by molar-refractivity contribution is -0.114. The lowest BCUT2D eigenvalue weighted by atomic mass is 10.2. The minimum absolute atomic E-state index is 0.126. The Morgan fingerprint density at radius 3 is 2.81 bits per heavy atom. The van der Waals surface area contributed by atoms with Crippen LogP contribution in [0.5, 0.6) is 5.75 Å². The number of carbonyl (C=O) groups is 1. The molecule has 2 heterocycles. The largest absolute Gasteiger partial charge is 0.497 e. The maximum absolute atomic E-state index is 11.1. The first-order valence-electron chi connectivity index (χ1n) is 8.14. The van der Waals surface area contributed by atoms with Crippen molar-refractivity contribution in [2.75, 3.05) is 12.4 Å². The third-order valence-electron chi connectivity index (χ3n) is 3.56. The average molecular weight is 402 g/mol. The van der Waals surface area contributed by atoms with Crippen molar-refractivity contribution in [3.05, 3.63) is 48.0 Å². The number of hydrogen-bond acceptors (Lipinski definition) is 7. The molecule has 3 aromatic rings. The normalized spacial score (nSPS) is 10.6. The van der Waals surface area contributed by atoms with Crippen LogP contribution >= 0.6 is 23.1 Å². The van der Waals surface area contributed by atoms with Crippen LogP contribution in [0.15, 0.2) is 47.5 Å². The number of methoxy groups -OCH3 is 1. The van der Waals surface area contributed by atoms with E-state index in [-0.39, 0.29) is 5.91 Å². The van der Waals surface area contributed by atoms with Crippen molar-refractivity contribution in [2.24, 2.45) is 0 Å². The first kappa shape index (κ1) is 19.1. The molecule has 1 amide bonds. The quantitative estimate of drug-likeness (QED) is 0.456. The summed E-state index contributed by atoms with van der Waals surface area (Å²) >= 11 is 2.95. The molecule has 7 nitrogen and oxygen atoms in total. The molecule has 0 radical (unpaired) electrons. The first-order valence-corrected chi connectivity index (χ1v) is 10.0. The number of thiazole rings is 1. The molecule has 0 spiro atoms. The molecule has 0 saturated carbocycles. The number of thioether (sulfide) groups is 1. The number of anilines is 1. The van der Waals surface area contributed by atoms with E-state index in [9.17, 15) is 4.79 Å². The summed E-state index contributed by atoms with van der Waals surface area (Å²) in [6.07, 6.45) is 1.82. The smallest absolute Gasteiger partial charge is 0.223 e. The highest BCUT2D eigenvalue weighted by Crippen LogP contribution is 2.28. The lowest BCUT2D eigenvalue weighted by Gasteiger charge is -2.08. The maximum atomic E-state index is 11.1. The van der Waals surface area contributed by atoms with Gasteiger partial charge in [0.05, 0.1) is 12.8 Å². The number of carbonyl (C=O) groups excluding carboxylic acids is 1. The van der Waals surface area contributed by atoms with Crippen LogP contribution < -0.4 is 10.1 Å². The van der Waals surface area contributed by atoms with Gasteiger partial charge in [0.15, 0.2) is 16.1 Å². The van der Waals surface area contributed by atoms with E-state index >= 15 is 0 Å². The second-order valence-electron chi connectivity index (χ2n) is 5.55.